The second-order valence-electron chi connectivity index (χ2n) is 5.09. The summed E-state index contributed by atoms with van der Waals surface area (Å²) in [5, 5.41) is 3.29. The third-order valence-corrected chi connectivity index (χ3v) is 3.41. The van der Waals surface area contributed by atoms with Crippen LogP contribution in [0.4, 0.5) is 0 Å². The zero-order chi connectivity index (χ0) is 13.0. The third-order valence-electron chi connectivity index (χ3n) is 3.41. The number of likely N-dealkylation sites (N-methyl/N-ethyl adjacent to an activating group) is 1. The molecular formula is C15H25NO. The molecule has 0 saturated carbocycles. The highest BCUT2D eigenvalue weighted by Crippen LogP contribution is 2.31. The van der Waals surface area contributed by atoms with Crippen LogP contribution in [0.15, 0.2) is 12.1 Å². The molecule has 0 aliphatic rings. The quantitative estimate of drug-likeness (QED) is 0.845. The predicted molar refractivity (Wildman–Crippen MR) is 74.0 cm³/mol. The van der Waals surface area contributed by atoms with E-state index >= 15 is 0 Å². The zero-order valence-corrected chi connectivity index (χ0v) is 11.9. The van der Waals surface area contributed by atoms with Gasteiger partial charge in [-0.3, -0.25) is 0 Å². The lowest BCUT2D eigenvalue weighted by atomic mass is 9.85. The molecule has 1 unspecified atom stereocenters. The summed E-state index contributed by atoms with van der Waals surface area (Å²) < 4.78 is 5.37. The first-order valence-electron chi connectivity index (χ1n) is 6.31. The Bertz CT molecular complexity index is 371. The Hall–Kier alpha value is -1.02. The van der Waals surface area contributed by atoms with Gasteiger partial charge in [0.15, 0.2) is 0 Å². The first kappa shape index (κ1) is 14.0. The molecule has 17 heavy (non-hydrogen) atoms. The second-order valence-corrected chi connectivity index (χ2v) is 5.09. The Morgan fingerprint density at radius 3 is 2.29 bits per heavy atom. The van der Waals surface area contributed by atoms with Crippen molar-refractivity contribution < 1.29 is 4.74 Å². The van der Waals surface area contributed by atoms with Crippen LogP contribution in [0.5, 0.6) is 5.75 Å². The summed E-state index contributed by atoms with van der Waals surface area (Å²) >= 11 is 0. The molecule has 2 nitrogen and oxygen atoms in total. The summed E-state index contributed by atoms with van der Waals surface area (Å²) in [4.78, 5) is 0. The van der Waals surface area contributed by atoms with Gasteiger partial charge in [-0.1, -0.05) is 19.9 Å². The normalized spacial score (nSPS) is 12.9. The van der Waals surface area contributed by atoms with Gasteiger partial charge in [0.25, 0.3) is 0 Å². The molecule has 0 bridgehead atoms. The van der Waals surface area contributed by atoms with Crippen LogP contribution in [-0.2, 0) is 0 Å². The van der Waals surface area contributed by atoms with Crippen molar-refractivity contribution in [2.24, 2.45) is 5.92 Å². The highest BCUT2D eigenvalue weighted by Gasteiger charge is 2.18. The van der Waals surface area contributed by atoms with Crippen LogP contribution in [0.3, 0.4) is 0 Å². The lowest BCUT2D eigenvalue weighted by Crippen LogP contribution is -2.22. The summed E-state index contributed by atoms with van der Waals surface area (Å²) in [5.41, 5.74) is 3.98. The van der Waals surface area contributed by atoms with E-state index in [1.54, 1.807) is 7.11 Å². The lowest BCUT2D eigenvalue weighted by molar-refractivity contribution is 0.410. The molecular weight excluding hydrogens is 210 g/mol. The van der Waals surface area contributed by atoms with Crippen molar-refractivity contribution in [2.45, 2.75) is 33.6 Å². The van der Waals surface area contributed by atoms with E-state index in [2.05, 4.69) is 45.1 Å². The molecule has 1 aromatic carbocycles. The monoisotopic (exact) mass is 235 g/mol. The average Bonchev–Trinajstić information content (AvgIpc) is 2.28. The van der Waals surface area contributed by atoms with Gasteiger partial charge in [-0.15, -0.1) is 0 Å². The highest BCUT2D eigenvalue weighted by atomic mass is 16.5. The van der Waals surface area contributed by atoms with Crippen LogP contribution in [0, 0.1) is 19.8 Å². The van der Waals surface area contributed by atoms with Gasteiger partial charge >= 0.3 is 0 Å². The molecule has 1 aromatic rings. The first-order valence-corrected chi connectivity index (χ1v) is 6.31. The van der Waals surface area contributed by atoms with E-state index < -0.39 is 0 Å². The Balaban J connectivity index is 3.15. The summed E-state index contributed by atoms with van der Waals surface area (Å²) in [6, 6.07) is 4.42. The maximum Gasteiger partial charge on any atom is 0.122 e. The van der Waals surface area contributed by atoms with Gasteiger partial charge in [-0.2, -0.15) is 0 Å². The standard InChI is InChI=1S/C15H25NO/c1-10(2)14(9-16-5)13-7-12(4)15(17-6)8-11(13)3/h7-8,10,14,16H,9H2,1-6H3. The third kappa shape index (κ3) is 3.22. The van der Waals surface area contributed by atoms with Crippen molar-refractivity contribution >= 4 is 0 Å². The van der Waals surface area contributed by atoms with Gasteiger partial charge in [0.2, 0.25) is 0 Å². The number of hydrogen-bond donors (Lipinski definition) is 1. The first-order chi connectivity index (χ1) is 8.01. The maximum atomic E-state index is 5.37. The van der Waals surface area contributed by atoms with Crippen LogP contribution in [0.25, 0.3) is 0 Å². The van der Waals surface area contributed by atoms with Gasteiger partial charge in [0, 0.05) is 6.54 Å². The van der Waals surface area contributed by atoms with E-state index in [0.29, 0.717) is 11.8 Å². The lowest BCUT2D eigenvalue weighted by Gasteiger charge is -2.24. The smallest absolute Gasteiger partial charge is 0.122 e. The van der Waals surface area contributed by atoms with Crippen molar-refractivity contribution in [1.82, 2.24) is 5.32 Å². The van der Waals surface area contributed by atoms with Crippen molar-refractivity contribution in [3.05, 3.63) is 28.8 Å². The number of nitrogens with one attached hydrogen (secondary N) is 1. The molecule has 0 amide bonds. The SMILES string of the molecule is CNCC(c1cc(C)c(OC)cc1C)C(C)C. The predicted octanol–water partition coefficient (Wildman–Crippen LogP) is 3.27. The van der Waals surface area contributed by atoms with E-state index in [4.69, 9.17) is 4.74 Å². The van der Waals surface area contributed by atoms with E-state index in [9.17, 15) is 0 Å². The molecule has 96 valence electrons. The van der Waals surface area contributed by atoms with Crippen LogP contribution in [-0.4, -0.2) is 20.7 Å². The van der Waals surface area contributed by atoms with Crippen molar-refractivity contribution in [3.63, 3.8) is 0 Å². The molecule has 0 radical (unpaired) electrons. The minimum atomic E-state index is 0.560. The highest BCUT2D eigenvalue weighted by molar-refractivity contribution is 5.43. The fourth-order valence-corrected chi connectivity index (χ4v) is 2.36. The molecule has 1 N–H and O–H groups in total. The van der Waals surface area contributed by atoms with Crippen LogP contribution >= 0.6 is 0 Å². The van der Waals surface area contributed by atoms with E-state index in [1.165, 1.54) is 16.7 Å². The fourth-order valence-electron chi connectivity index (χ4n) is 2.36. The minimum absolute atomic E-state index is 0.560. The number of aryl methyl sites for hydroxylation is 2. The van der Waals surface area contributed by atoms with Gasteiger partial charge < -0.3 is 10.1 Å². The molecule has 1 rings (SSSR count). The van der Waals surface area contributed by atoms with Crippen LogP contribution in [0.1, 0.15) is 36.5 Å². The topological polar surface area (TPSA) is 21.3 Å². The number of methoxy groups -OCH3 is 1. The van der Waals surface area contributed by atoms with E-state index in [1.807, 2.05) is 7.05 Å². The largest absolute Gasteiger partial charge is 0.496 e. The van der Waals surface area contributed by atoms with Gasteiger partial charge in [-0.25, -0.2) is 0 Å². The fraction of sp³-hybridized carbons (Fsp3) is 0.600. The summed E-state index contributed by atoms with van der Waals surface area (Å²) in [5.74, 6) is 2.18. The Kier molecular flexibility index (Phi) is 5.01. The van der Waals surface area contributed by atoms with Gasteiger partial charge in [0.1, 0.15) is 5.75 Å². The van der Waals surface area contributed by atoms with Crippen molar-refractivity contribution in [3.8, 4) is 5.75 Å². The molecule has 0 fully saturated rings. The average molecular weight is 235 g/mol. The Labute approximate surface area is 105 Å². The molecule has 2 heteroatoms. The number of rotatable bonds is 5. The molecule has 0 saturated heterocycles. The second kappa shape index (κ2) is 6.06. The molecule has 0 aromatic heterocycles. The minimum Gasteiger partial charge on any atom is -0.496 e. The van der Waals surface area contributed by atoms with Gasteiger partial charge in [0.05, 0.1) is 7.11 Å². The zero-order valence-electron chi connectivity index (χ0n) is 11.9. The molecule has 0 aliphatic heterocycles. The van der Waals surface area contributed by atoms with E-state index in [-0.39, 0.29) is 0 Å². The van der Waals surface area contributed by atoms with Crippen LogP contribution in [0.2, 0.25) is 0 Å². The maximum absolute atomic E-state index is 5.37. The Morgan fingerprint density at radius 2 is 1.82 bits per heavy atom. The molecule has 0 spiro atoms. The Morgan fingerprint density at radius 1 is 1.18 bits per heavy atom. The number of benzene rings is 1. The summed E-state index contributed by atoms with van der Waals surface area (Å²) in [6.07, 6.45) is 0. The number of ether oxygens (including phenoxy) is 1. The van der Waals surface area contributed by atoms with Crippen molar-refractivity contribution in [1.29, 1.82) is 0 Å². The number of hydrogen-bond acceptors (Lipinski definition) is 2. The van der Waals surface area contributed by atoms with E-state index in [0.717, 1.165) is 12.3 Å². The molecule has 0 aliphatic carbocycles. The summed E-state index contributed by atoms with van der Waals surface area (Å²) in [7, 11) is 3.75. The van der Waals surface area contributed by atoms with Crippen molar-refractivity contribution in [2.75, 3.05) is 20.7 Å². The summed E-state index contributed by atoms with van der Waals surface area (Å²) in [6.45, 7) is 9.85. The molecule has 1 atom stereocenters. The van der Waals surface area contributed by atoms with Crippen LogP contribution < -0.4 is 10.1 Å². The molecule has 0 heterocycles. The van der Waals surface area contributed by atoms with Gasteiger partial charge in [-0.05, 0) is 55.5 Å².